The Hall–Kier alpha value is -2.09. The molecule has 0 saturated carbocycles. The van der Waals surface area contributed by atoms with E-state index in [9.17, 15) is 4.79 Å². The van der Waals surface area contributed by atoms with Crippen LogP contribution in [0.15, 0.2) is 42.5 Å². The zero-order valence-electron chi connectivity index (χ0n) is 10.6. The first-order valence-electron chi connectivity index (χ1n) is 6.25. The number of rotatable bonds is 2. The number of Topliss-reactive ketones (excluding diaryl/α,β-unsaturated/α-hetero) is 1. The van der Waals surface area contributed by atoms with Crippen LogP contribution in [0.4, 0.5) is 0 Å². The molecule has 0 aliphatic carbocycles. The van der Waals surface area contributed by atoms with E-state index in [1.165, 1.54) is 10.9 Å². The Balaban J connectivity index is 2.60. The highest BCUT2D eigenvalue weighted by atomic mass is 16.1. The summed E-state index contributed by atoms with van der Waals surface area (Å²) in [5.41, 5.74) is 3.16. The van der Waals surface area contributed by atoms with Gasteiger partial charge in [-0.15, -0.1) is 0 Å². The third kappa shape index (κ3) is 1.39. The van der Waals surface area contributed by atoms with Crippen molar-refractivity contribution in [1.82, 2.24) is 4.57 Å². The SMILES string of the molecule is CCn1c2ccccc2c2c(C(C)=O)cccc21. The molecule has 2 nitrogen and oxygen atoms in total. The first-order valence-corrected chi connectivity index (χ1v) is 6.25. The summed E-state index contributed by atoms with van der Waals surface area (Å²) in [5, 5.41) is 2.25. The molecule has 0 spiro atoms. The fraction of sp³-hybridized carbons (Fsp3) is 0.188. The van der Waals surface area contributed by atoms with Crippen molar-refractivity contribution in [3.8, 4) is 0 Å². The molecule has 0 unspecified atom stereocenters. The molecule has 0 saturated heterocycles. The molecule has 1 aromatic heterocycles. The molecule has 0 aliphatic rings. The Kier molecular flexibility index (Phi) is 2.44. The van der Waals surface area contributed by atoms with Crippen LogP contribution < -0.4 is 0 Å². The van der Waals surface area contributed by atoms with E-state index >= 15 is 0 Å². The Morgan fingerprint density at radius 1 is 1.06 bits per heavy atom. The van der Waals surface area contributed by atoms with Gasteiger partial charge in [0.1, 0.15) is 0 Å². The monoisotopic (exact) mass is 237 g/mol. The normalized spacial score (nSPS) is 11.2. The molecule has 3 aromatic rings. The van der Waals surface area contributed by atoms with E-state index < -0.39 is 0 Å². The topological polar surface area (TPSA) is 22.0 Å². The lowest BCUT2D eigenvalue weighted by Crippen LogP contribution is -1.95. The number of para-hydroxylation sites is 1. The van der Waals surface area contributed by atoms with E-state index in [1.54, 1.807) is 6.92 Å². The van der Waals surface area contributed by atoms with Gasteiger partial charge in [0.05, 0.1) is 0 Å². The minimum Gasteiger partial charge on any atom is -0.341 e. The van der Waals surface area contributed by atoms with Crippen molar-refractivity contribution in [2.75, 3.05) is 0 Å². The molecule has 2 aromatic carbocycles. The molecule has 0 atom stereocenters. The maximum absolute atomic E-state index is 11.8. The summed E-state index contributed by atoms with van der Waals surface area (Å²) in [4.78, 5) is 11.8. The summed E-state index contributed by atoms with van der Waals surface area (Å²) in [7, 11) is 0. The number of ketones is 1. The smallest absolute Gasteiger partial charge is 0.160 e. The highest BCUT2D eigenvalue weighted by Gasteiger charge is 2.14. The van der Waals surface area contributed by atoms with Crippen LogP contribution in [0.3, 0.4) is 0 Å². The van der Waals surface area contributed by atoms with Gasteiger partial charge < -0.3 is 4.57 Å². The summed E-state index contributed by atoms with van der Waals surface area (Å²) in [6, 6.07) is 14.2. The molecule has 1 heterocycles. The lowest BCUT2D eigenvalue weighted by atomic mass is 10.0. The van der Waals surface area contributed by atoms with Gasteiger partial charge in [0.25, 0.3) is 0 Å². The maximum atomic E-state index is 11.8. The average molecular weight is 237 g/mol. The number of carbonyl (C=O) groups excluding carboxylic acids is 1. The van der Waals surface area contributed by atoms with Gasteiger partial charge in [-0.25, -0.2) is 0 Å². The number of fused-ring (bicyclic) bond motifs is 3. The summed E-state index contributed by atoms with van der Waals surface area (Å²) in [6.45, 7) is 4.67. The van der Waals surface area contributed by atoms with Gasteiger partial charge in [-0.05, 0) is 26.0 Å². The predicted molar refractivity (Wildman–Crippen MR) is 75.1 cm³/mol. The lowest BCUT2D eigenvalue weighted by molar-refractivity contribution is 0.101. The van der Waals surface area contributed by atoms with Gasteiger partial charge >= 0.3 is 0 Å². The van der Waals surface area contributed by atoms with Gasteiger partial charge in [-0.2, -0.15) is 0 Å². The van der Waals surface area contributed by atoms with Gasteiger partial charge in [0, 0.05) is 33.9 Å². The van der Waals surface area contributed by atoms with Crippen molar-refractivity contribution in [3.05, 3.63) is 48.0 Å². The number of aryl methyl sites for hydroxylation is 1. The van der Waals surface area contributed by atoms with Crippen LogP contribution in [-0.2, 0) is 6.54 Å². The van der Waals surface area contributed by atoms with Crippen LogP contribution in [0.25, 0.3) is 21.8 Å². The average Bonchev–Trinajstić information content (AvgIpc) is 2.72. The molecular formula is C16H15NO. The Morgan fingerprint density at radius 2 is 1.78 bits per heavy atom. The predicted octanol–water partition coefficient (Wildman–Crippen LogP) is 4.02. The molecule has 0 N–H and O–H groups in total. The number of carbonyl (C=O) groups is 1. The van der Waals surface area contributed by atoms with E-state index in [1.807, 2.05) is 24.3 Å². The Morgan fingerprint density at radius 3 is 2.50 bits per heavy atom. The second-order valence-corrected chi connectivity index (χ2v) is 4.52. The van der Waals surface area contributed by atoms with Crippen LogP contribution in [0.1, 0.15) is 24.2 Å². The third-order valence-corrected chi connectivity index (χ3v) is 3.49. The second kappa shape index (κ2) is 3.98. The first kappa shape index (κ1) is 11.0. The molecule has 0 fully saturated rings. The highest BCUT2D eigenvalue weighted by Crippen LogP contribution is 2.31. The molecular weight excluding hydrogens is 222 g/mol. The number of benzene rings is 2. The summed E-state index contributed by atoms with van der Waals surface area (Å²) >= 11 is 0. The van der Waals surface area contributed by atoms with Gasteiger partial charge in [-0.3, -0.25) is 4.79 Å². The fourth-order valence-corrected chi connectivity index (χ4v) is 2.73. The second-order valence-electron chi connectivity index (χ2n) is 4.52. The van der Waals surface area contributed by atoms with Crippen molar-refractivity contribution in [2.45, 2.75) is 20.4 Å². The Labute approximate surface area is 106 Å². The van der Waals surface area contributed by atoms with Gasteiger partial charge in [0.15, 0.2) is 5.78 Å². The zero-order chi connectivity index (χ0) is 12.7. The molecule has 90 valence electrons. The maximum Gasteiger partial charge on any atom is 0.160 e. The van der Waals surface area contributed by atoms with E-state index in [0.717, 1.165) is 23.0 Å². The molecule has 2 heteroatoms. The Bertz CT molecular complexity index is 752. The van der Waals surface area contributed by atoms with Crippen molar-refractivity contribution >= 4 is 27.6 Å². The minimum absolute atomic E-state index is 0.125. The quantitative estimate of drug-likeness (QED) is 0.617. The summed E-state index contributed by atoms with van der Waals surface area (Å²) in [5.74, 6) is 0.125. The standard InChI is InChI=1S/C16H15NO/c1-3-17-14-9-5-4-7-13(14)16-12(11(2)18)8-6-10-15(16)17/h4-10H,3H2,1-2H3. The first-order chi connectivity index (χ1) is 8.74. The van der Waals surface area contributed by atoms with Gasteiger partial charge in [0.2, 0.25) is 0 Å². The number of hydrogen-bond acceptors (Lipinski definition) is 1. The molecule has 0 aliphatic heterocycles. The molecule has 3 rings (SSSR count). The minimum atomic E-state index is 0.125. The largest absolute Gasteiger partial charge is 0.341 e. The summed E-state index contributed by atoms with van der Waals surface area (Å²) in [6.07, 6.45) is 0. The molecule has 18 heavy (non-hydrogen) atoms. The lowest BCUT2D eigenvalue weighted by Gasteiger charge is -2.03. The molecule has 0 bridgehead atoms. The molecule has 0 radical (unpaired) electrons. The van der Waals surface area contributed by atoms with Crippen molar-refractivity contribution in [3.63, 3.8) is 0 Å². The van der Waals surface area contributed by atoms with Crippen LogP contribution in [0.5, 0.6) is 0 Å². The number of hydrogen-bond donors (Lipinski definition) is 0. The highest BCUT2D eigenvalue weighted by molar-refractivity contribution is 6.18. The number of nitrogens with zero attached hydrogens (tertiary/aromatic N) is 1. The fourth-order valence-electron chi connectivity index (χ4n) is 2.73. The van der Waals surface area contributed by atoms with E-state index in [4.69, 9.17) is 0 Å². The van der Waals surface area contributed by atoms with Crippen LogP contribution in [0, 0.1) is 0 Å². The number of aromatic nitrogens is 1. The van der Waals surface area contributed by atoms with Crippen LogP contribution in [0.2, 0.25) is 0 Å². The third-order valence-electron chi connectivity index (χ3n) is 3.49. The van der Waals surface area contributed by atoms with Crippen molar-refractivity contribution in [1.29, 1.82) is 0 Å². The van der Waals surface area contributed by atoms with E-state index in [2.05, 4.69) is 29.7 Å². The van der Waals surface area contributed by atoms with Crippen LogP contribution in [-0.4, -0.2) is 10.4 Å². The zero-order valence-corrected chi connectivity index (χ0v) is 10.6. The van der Waals surface area contributed by atoms with Crippen LogP contribution >= 0.6 is 0 Å². The van der Waals surface area contributed by atoms with E-state index in [0.29, 0.717) is 0 Å². The summed E-state index contributed by atoms with van der Waals surface area (Å²) < 4.78 is 2.26. The van der Waals surface area contributed by atoms with Gasteiger partial charge in [-0.1, -0.05) is 30.3 Å². The van der Waals surface area contributed by atoms with Crippen molar-refractivity contribution < 1.29 is 4.79 Å². The van der Waals surface area contributed by atoms with Crippen molar-refractivity contribution in [2.24, 2.45) is 0 Å². The molecule has 0 amide bonds. The van der Waals surface area contributed by atoms with E-state index in [-0.39, 0.29) is 5.78 Å².